The molecule has 2 saturated heterocycles. The zero-order valence-corrected chi connectivity index (χ0v) is 18.5. The fraction of sp³-hybridized carbons (Fsp3) is 0.435. The first kappa shape index (κ1) is 22.9. The molecule has 0 bridgehead atoms. The Kier molecular flexibility index (Phi) is 7.22. The molecule has 2 aliphatic rings. The number of nitrogens with one attached hydrogen (secondary N) is 1. The highest BCUT2D eigenvalue weighted by Crippen LogP contribution is 2.31. The van der Waals surface area contributed by atoms with Crippen LogP contribution in [0.3, 0.4) is 0 Å². The van der Waals surface area contributed by atoms with Gasteiger partial charge in [0.15, 0.2) is 0 Å². The fourth-order valence-electron chi connectivity index (χ4n) is 4.24. The summed E-state index contributed by atoms with van der Waals surface area (Å²) in [4.78, 5) is 12.6. The lowest BCUT2D eigenvalue weighted by atomic mass is 9.96. The number of anilines is 1. The summed E-state index contributed by atoms with van der Waals surface area (Å²) in [7, 11) is -3.83. The van der Waals surface area contributed by atoms with Gasteiger partial charge >= 0.3 is 0 Å². The number of hydrogen-bond acceptors (Lipinski definition) is 6. The highest BCUT2D eigenvalue weighted by atomic mass is 32.2. The van der Waals surface area contributed by atoms with Crippen LogP contribution in [-0.2, 0) is 24.3 Å². The van der Waals surface area contributed by atoms with E-state index in [0.717, 1.165) is 5.69 Å². The lowest BCUT2D eigenvalue weighted by molar-refractivity contribution is -0.144. The number of carbonyl (C=O) groups is 1. The summed E-state index contributed by atoms with van der Waals surface area (Å²) in [5, 5.41) is 13.1. The van der Waals surface area contributed by atoms with E-state index in [2.05, 4.69) is 5.32 Å². The van der Waals surface area contributed by atoms with E-state index in [1.165, 1.54) is 4.31 Å². The van der Waals surface area contributed by atoms with Crippen LogP contribution >= 0.6 is 0 Å². The average molecular weight is 461 g/mol. The normalized spacial score (nSPS) is 27.0. The van der Waals surface area contributed by atoms with Gasteiger partial charge in [-0.05, 0) is 37.1 Å². The number of fused-ring (bicyclic) bond motifs is 1. The molecule has 0 saturated carbocycles. The first-order valence-corrected chi connectivity index (χ1v) is 12.2. The van der Waals surface area contributed by atoms with Crippen LogP contribution in [0.1, 0.15) is 19.3 Å². The van der Waals surface area contributed by atoms with Crippen LogP contribution in [0.15, 0.2) is 65.6 Å². The smallest absolute Gasteiger partial charge is 0.243 e. The van der Waals surface area contributed by atoms with Gasteiger partial charge in [0.1, 0.15) is 0 Å². The summed E-state index contributed by atoms with van der Waals surface area (Å²) in [5.74, 6) is -0.157. The number of hydrogen-bond donors (Lipinski definition) is 2. The minimum absolute atomic E-state index is 0.0204. The van der Waals surface area contributed by atoms with E-state index in [-0.39, 0.29) is 43.1 Å². The maximum atomic E-state index is 13.4. The molecular formula is C23H28N2O6S. The van der Waals surface area contributed by atoms with Gasteiger partial charge in [0.2, 0.25) is 15.9 Å². The number of aliphatic hydroxyl groups excluding tert-OH is 1. The molecule has 0 aliphatic carbocycles. The van der Waals surface area contributed by atoms with Crippen LogP contribution < -0.4 is 5.32 Å². The van der Waals surface area contributed by atoms with Crippen molar-refractivity contribution in [1.29, 1.82) is 0 Å². The quantitative estimate of drug-likeness (QED) is 0.707. The number of amides is 1. The van der Waals surface area contributed by atoms with Gasteiger partial charge in [-0.15, -0.1) is 0 Å². The maximum absolute atomic E-state index is 13.4. The van der Waals surface area contributed by atoms with E-state index in [1.807, 2.05) is 30.3 Å². The molecule has 0 unspecified atom stereocenters. The standard InChI is InChI=1S/C23H28N2O6S/c26-18-14-25(32(28,29)20-9-5-2-6-10-20)21-12-11-19(31-22(21)16-30-15-18)13-23(27)24-17-7-3-1-4-8-17/h1-10,18-19,21-22,26H,11-16H2,(H,24,27)/t18-,19+,21-,22+/m1/s1. The predicted molar refractivity (Wildman–Crippen MR) is 119 cm³/mol. The number of sulfonamides is 1. The molecule has 4 atom stereocenters. The van der Waals surface area contributed by atoms with Crippen molar-refractivity contribution in [2.75, 3.05) is 25.1 Å². The molecule has 8 nitrogen and oxygen atoms in total. The van der Waals surface area contributed by atoms with Gasteiger partial charge in [0.25, 0.3) is 0 Å². The van der Waals surface area contributed by atoms with Crippen LogP contribution in [0, 0.1) is 0 Å². The van der Waals surface area contributed by atoms with E-state index >= 15 is 0 Å². The third-order valence-electron chi connectivity index (χ3n) is 5.75. The topological polar surface area (TPSA) is 105 Å². The summed E-state index contributed by atoms with van der Waals surface area (Å²) in [6, 6.07) is 16.9. The highest BCUT2D eigenvalue weighted by molar-refractivity contribution is 7.89. The van der Waals surface area contributed by atoms with Crippen LogP contribution in [0.2, 0.25) is 0 Å². The summed E-state index contributed by atoms with van der Waals surface area (Å²) in [6.07, 6.45) is -0.579. The van der Waals surface area contributed by atoms with Gasteiger partial charge < -0.3 is 19.9 Å². The number of nitrogens with zero attached hydrogens (tertiary/aromatic N) is 1. The van der Waals surface area contributed by atoms with Gasteiger partial charge in [-0.2, -0.15) is 4.31 Å². The van der Waals surface area contributed by atoms with Gasteiger partial charge in [-0.25, -0.2) is 8.42 Å². The molecule has 2 aliphatic heterocycles. The molecule has 2 aromatic carbocycles. The number of para-hydroxylation sites is 1. The van der Waals surface area contributed by atoms with Crippen molar-refractivity contribution in [3.63, 3.8) is 0 Å². The second-order valence-electron chi connectivity index (χ2n) is 8.14. The maximum Gasteiger partial charge on any atom is 0.243 e. The van der Waals surface area contributed by atoms with Crippen molar-refractivity contribution in [2.24, 2.45) is 0 Å². The Morgan fingerprint density at radius 2 is 1.72 bits per heavy atom. The molecule has 0 aromatic heterocycles. The number of aliphatic hydroxyl groups is 1. The van der Waals surface area contributed by atoms with Gasteiger partial charge in [-0.3, -0.25) is 4.79 Å². The molecule has 2 fully saturated rings. The minimum Gasteiger partial charge on any atom is -0.389 e. The predicted octanol–water partition coefficient (Wildman–Crippen LogP) is 2.01. The van der Waals surface area contributed by atoms with Crippen molar-refractivity contribution in [3.05, 3.63) is 60.7 Å². The number of β-amino-alcohol motifs (C(OH)–C–C–N with tert-alkyl or cyclic N) is 1. The lowest BCUT2D eigenvalue weighted by Crippen LogP contribution is -2.57. The molecule has 2 N–H and O–H groups in total. The van der Waals surface area contributed by atoms with Crippen LogP contribution in [0.5, 0.6) is 0 Å². The fourth-order valence-corrected chi connectivity index (χ4v) is 5.98. The largest absolute Gasteiger partial charge is 0.389 e. The Morgan fingerprint density at radius 3 is 2.44 bits per heavy atom. The third kappa shape index (κ3) is 5.36. The Morgan fingerprint density at radius 1 is 1.03 bits per heavy atom. The Balaban J connectivity index is 1.47. The van der Waals surface area contributed by atoms with Crippen LogP contribution in [0.4, 0.5) is 5.69 Å². The number of benzene rings is 2. The first-order chi connectivity index (χ1) is 15.4. The van der Waals surface area contributed by atoms with Gasteiger partial charge in [0.05, 0.1) is 48.9 Å². The monoisotopic (exact) mass is 460 g/mol. The van der Waals surface area contributed by atoms with Crippen molar-refractivity contribution in [1.82, 2.24) is 4.31 Å². The van der Waals surface area contributed by atoms with Crippen LogP contribution in [0.25, 0.3) is 0 Å². The number of ether oxygens (including phenoxy) is 2. The SMILES string of the molecule is O=C(C[C@@H]1CC[C@@H]2[C@H](COC[C@H](O)CN2S(=O)(=O)c2ccccc2)O1)Nc1ccccc1. The van der Waals surface area contributed by atoms with Crippen molar-refractivity contribution in [3.8, 4) is 0 Å². The third-order valence-corrected chi connectivity index (χ3v) is 7.66. The van der Waals surface area contributed by atoms with Crippen LogP contribution in [-0.4, -0.2) is 67.8 Å². The molecule has 1 amide bonds. The van der Waals surface area contributed by atoms with E-state index in [1.54, 1.807) is 30.3 Å². The van der Waals surface area contributed by atoms with E-state index in [0.29, 0.717) is 12.8 Å². The van der Waals surface area contributed by atoms with E-state index in [9.17, 15) is 18.3 Å². The molecule has 0 spiro atoms. The minimum atomic E-state index is -3.83. The van der Waals surface area contributed by atoms with E-state index < -0.39 is 28.3 Å². The van der Waals surface area contributed by atoms with E-state index in [4.69, 9.17) is 9.47 Å². The molecule has 0 radical (unpaired) electrons. The molecule has 9 heteroatoms. The molecular weight excluding hydrogens is 432 g/mol. The summed E-state index contributed by atoms with van der Waals surface area (Å²) in [6.45, 7) is 0.104. The van der Waals surface area contributed by atoms with Gasteiger partial charge in [-0.1, -0.05) is 36.4 Å². The summed E-state index contributed by atoms with van der Waals surface area (Å²) < 4.78 is 39.8. The number of carbonyl (C=O) groups excluding carboxylic acids is 1. The van der Waals surface area contributed by atoms with Crippen molar-refractivity contribution in [2.45, 2.75) is 48.5 Å². The summed E-state index contributed by atoms with van der Waals surface area (Å²) >= 11 is 0. The molecule has 2 heterocycles. The Labute approximate surface area is 188 Å². The zero-order chi connectivity index (χ0) is 22.6. The molecule has 4 rings (SSSR count). The second-order valence-corrected chi connectivity index (χ2v) is 10.0. The van der Waals surface area contributed by atoms with Crippen molar-refractivity contribution >= 4 is 21.6 Å². The lowest BCUT2D eigenvalue weighted by Gasteiger charge is -2.43. The second kappa shape index (κ2) is 10.1. The first-order valence-electron chi connectivity index (χ1n) is 10.8. The highest BCUT2D eigenvalue weighted by Gasteiger charge is 2.43. The number of rotatable bonds is 5. The van der Waals surface area contributed by atoms with Crippen molar-refractivity contribution < 1.29 is 27.8 Å². The Bertz CT molecular complexity index is 1000. The Hall–Kier alpha value is -2.30. The zero-order valence-electron chi connectivity index (χ0n) is 17.7. The summed E-state index contributed by atoms with van der Waals surface area (Å²) in [5.41, 5.74) is 0.717. The molecule has 32 heavy (non-hydrogen) atoms. The average Bonchev–Trinajstić information content (AvgIpc) is 2.78. The molecule has 172 valence electrons. The van der Waals surface area contributed by atoms with Gasteiger partial charge in [0, 0.05) is 12.2 Å². The molecule has 2 aromatic rings.